The number of nitrogens with one attached hydrogen (secondary N) is 2. The summed E-state index contributed by atoms with van der Waals surface area (Å²) in [4.78, 5) is 11.8. The smallest absolute Gasteiger partial charge is 0.411 e. The fourth-order valence-electron chi connectivity index (χ4n) is 2.44. The first-order chi connectivity index (χ1) is 11.7. The van der Waals surface area contributed by atoms with Crippen LogP contribution in [0.2, 0.25) is 0 Å². The number of ether oxygens (including phenoxy) is 1. The van der Waals surface area contributed by atoms with E-state index in [0.717, 1.165) is 22.4 Å². The number of carbonyl (C=O) groups is 1. The SMILES string of the molecule is Cc1n[nH]cc1-c1ccc(NC(=O)OCCc2ccccc2)cc1. The second kappa shape index (κ2) is 7.46. The molecule has 0 unspecified atom stereocenters. The molecule has 24 heavy (non-hydrogen) atoms. The maximum absolute atomic E-state index is 11.8. The maximum atomic E-state index is 11.8. The average molecular weight is 321 g/mol. The predicted octanol–water partition coefficient (Wildman–Crippen LogP) is 4.18. The van der Waals surface area contributed by atoms with Crippen molar-refractivity contribution in [1.82, 2.24) is 10.2 Å². The van der Waals surface area contributed by atoms with Crippen LogP contribution in [0.4, 0.5) is 10.5 Å². The molecule has 0 atom stereocenters. The lowest BCUT2D eigenvalue weighted by Crippen LogP contribution is -2.15. The monoisotopic (exact) mass is 321 g/mol. The van der Waals surface area contributed by atoms with Crippen LogP contribution in [0, 0.1) is 6.92 Å². The van der Waals surface area contributed by atoms with Crippen LogP contribution < -0.4 is 5.32 Å². The number of H-pyrrole nitrogens is 1. The lowest BCUT2D eigenvalue weighted by Gasteiger charge is -2.08. The normalized spacial score (nSPS) is 10.4. The van der Waals surface area contributed by atoms with Crippen molar-refractivity contribution in [2.24, 2.45) is 0 Å². The van der Waals surface area contributed by atoms with Crippen LogP contribution in [0.1, 0.15) is 11.3 Å². The molecule has 2 N–H and O–H groups in total. The van der Waals surface area contributed by atoms with Crippen molar-refractivity contribution in [2.45, 2.75) is 13.3 Å². The molecule has 1 heterocycles. The molecule has 2 aromatic carbocycles. The molecule has 1 amide bonds. The topological polar surface area (TPSA) is 67.0 Å². The maximum Gasteiger partial charge on any atom is 0.411 e. The number of benzene rings is 2. The van der Waals surface area contributed by atoms with Gasteiger partial charge in [-0.15, -0.1) is 0 Å². The molecule has 0 spiro atoms. The van der Waals surface area contributed by atoms with Crippen LogP contribution in [-0.4, -0.2) is 22.9 Å². The van der Waals surface area contributed by atoms with Gasteiger partial charge in [0.05, 0.1) is 12.3 Å². The largest absolute Gasteiger partial charge is 0.449 e. The lowest BCUT2D eigenvalue weighted by molar-refractivity contribution is 0.163. The zero-order valence-corrected chi connectivity index (χ0v) is 13.5. The molecule has 1 aromatic heterocycles. The Hall–Kier alpha value is -3.08. The molecule has 0 fully saturated rings. The van der Waals surface area contributed by atoms with Crippen LogP contribution in [0.25, 0.3) is 11.1 Å². The first kappa shape index (κ1) is 15.8. The average Bonchev–Trinajstić information content (AvgIpc) is 3.03. The Balaban J connectivity index is 1.50. The van der Waals surface area contributed by atoms with Gasteiger partial charge in [-0.05, 0) is 30.2 Å². The molecule has 122 valence electrons. The minimum atomic E-state index is -0.446. The molecule has 0 saturated carbocycles. The summed E-state index contributed by atoms with van der Waals surface area (Å²) in [6.45, 7) is 2.30. The van der Waals surface area contributed by atoms with Gasteiger partial charge in [0.15, 0.2) is 0 Å². The second-order valence-corrected chi connectivity index (χ2v) is 5.46. The van der Waals surface area contributed by atoms with Gasteiger partial charge in [-0.25, -0.2) is 4.79 Å². The van der Waals surface area contributed by atoms with Gasteiger partial charge < -0.3 is 4.74 Å². The number of carbonyl (C=O) groups excluding carboxylic acids is 1. The van der Waals surface area contributed by atoms with E-state index >= 15 is 0 Å². The molecular formula is C19H19N3O2. The highest BCUT2D eigenvalue weighted by molar-refractivity contribution is 5.85. The Morgan fingerprint density at radius 1 is 1.12 bits per heavy atom. The molecule has 0 aliphatic rings. The van der Waals surface area contributed by atoms with Gasteiger partial charge in [-0.1, -0.05) is 42.5 Å². The third kappa shape index (κ3) is 4.01. The zero-order chi connectivity index (χ0) is 16.8. The zero-order valence-electron chi connectivity index (χ0n) is 13.5. The third-order valence-electron chi connectivity index (χ3n) is 3.74. The summed E-state index contributed by atoms with van der Waals surface area (Å²) in [5.41, 5.74) is 4.88. The van der Waals surface area contributed by atoms with E-state index < -0.39 is 6.09 Å². The summed E-state index contributed by atoms with van der Waals surface area (Å²) in [7, 11) is 0. The molecular weight excluding hydrogens is 302 g/mol. The van der Waals surface area contributed by atoms with E-state index in [-0.39, 0.29) is 0 Å². The molecule has 0 bridgehead atoms. The van der Waals surface area contributed by atoms with Crippen molar-refractivity contribution in [3.05, 3.63) is 72.1 Å². The molecule has 3 rings (SSSR count). The van der Waals surface area contributed by atoms with E-state index in [9.17, 15) is 4.79 Å². The Morgan fingerprint density at radius 3 is 2.54 bits per heavy atom. The first-order valence-electron chi connectivity index (χ1n) is 7.81. The van der Waals surface area contributed by atoms with Gasteiger partial charge >= 0.3 is 6.09 Å². The van der Waals surface area contributed by atoms with Crippen molar-refractivity contribution in [3.63, 3.8) is 0 Å². The Bertz CT molecular complexity index is 795. The van der Waals surface area contributed by atoms with E-state index in [1.54, 1.807) is 0 Å². The minimum absolute atomic E-state index is 0.349. The number of aromatic amines is 1. The van der Waals surface area contributed by atoms with Crippen LogP contribution in [0.3, 0.4) is 0 Å². The van der Waals surface area contributed by atoms with Crippen LogP contribution in [-0.2, 0) is 11.2 Å². The van der Waals surface area contributed by atoms with Crippen LogP contribution >= 0.6 is 0 Å². The summed E-state index contributed by atoms with van der Waals surface area (Å²) < 4.78 is 5.21. The Morgan fingerprint density at radius 2 is 1.88 bits per heavy atom. The minimum Gasteiger partial charge on any atom is -0.449 e. The van der Waals surface area contributed by atoms with Crippen LogP contribution in [0.15, 0.2) is 60.8 Å². The second-order valence-electron chi connectivity index (χ2n) is 5.46. The molecule has 0 radical (unpaired) electrons. The van der Waals surface area contributed by atoms with Crippen molar-refractivity contribution in [1.29, 1.82) is 0 Å². The number of nitrogens with zero attached hydrogens (tertiary/aromatic N) is 1. The number of rotatable bonds is 5. The highest BCUT2D eigenvalue weighted by Crippen LogP contribution is 2.23. The van der Waals surface area contributed by atoms with E-state index in [4.69, 9.17) is 4.74 Å². The van der Waals surface area contributed by atoms with Gasteiger partial charge in [-0.2, -0.15) is 5.10 Å². The summed E-state index contributed by atoms with van der Waals surface area (Å²) in [6.07, 6.45) is 2.11. The number of anilines is 1. The van der Waals surface area contributed by atoms with Gasteiger partial charge in [0.1, 0.15) is 0 Å². The third-order valence-corrected chi connectivity index (χ3v) is 3.74. The van der Waals surface area contributed by atoms with Gasteiger partial charge in [0.25, 0.3) is 0 Å². The van der Waals surface area contributed by atoms with Gasteiger partial charge in [0, 0.05) is 23.9 Å². The fraction of sp³-hybridized carbons (Fsp3) is 0.158. The van der Waals surface area contributed by atoms with E-state index in [1.165, 1.54) is 0 Å². The molecule has 0 saturated heterocycles. The molecule has 3 aromatic rings. The summed E-state index contributed by atoms with van der Waals surface area (Å²) in [5.74, 6) is 0. The Labute approximate surface area is 140 Å². The first-order valence-corrected chi connectivity index (χ1v) is 7.81. The fourth-order valence-corrected chi connectivity index (χ4v) is 2.44. The molecule has 5 heteroatoms. The molecule has 5 nitrogen and oxygen atoms in total. The molecule has 0 aliphatic heterocycles. The number of amides is 1. The number of aromatic nitrogens is 2. The van der Waals surface area contributed by atoms with E-state index in [1.807, 2.05) is 67.7 Å². The standard InChI is InChI=1S/C19H19N3O2/c1-14-18(13-20-22-14)16-7-9-17(10-8-16)21-19(23)24-12-11-15-5-3-2-4-6-15/h2-10,13H,11-12H2,1H3,(H,20,22)(H,21,23). The predicted molar refractivity (Wildman–Crippen MR) is 93.9 cm³/mol. The van der Waals surface area contributed by atoms with E-state index in [2.05, 4.69) is 15.5 Å². The highest BCUT2D eigenvalue weighted by Gasteiger charge is 2.06. The Kier molecular flexibility index (Phi) is 4.91. The van der Waals surface area contributed by atoms with Gasteiger partial charge in [-0.3, -0.25) is 10.4 Å². The number of hydrogen-bond donors (Lipinski definition) is 2. The number of aryl methyl sites for hydroxylation is 1. The number of hydrogen-bond acceptors (Lipinski definition) is 3. The quantitative estimate of drug-likeness (QED) is 0.741. The van der Waals surface area contributed by atoms with Crippen molar-refractivity contribution < 1.29 is 9.53 Å². The summed E-state index contributed by atoms with van der Waals surface area (Å²) in [6, 6.07) is 17.5. The molecule has 0 aliphatic carbocycles. The van der Waals surface area contributed by atoms with Crippen molar-refractivity contribution in [2.75, 3.05) is 11.9 Å². The van der Waals surface area contributed by atoms with Crippen molar-refractivity contribution >= 4 is 11.8 Å². The van der Waals surface area contributed by atoms with Gasteiger partial charge in [0.2, 0.25) is 0 Å². The summed E-state index contributed by atoms with van der Waals surface area (Å²) in [5, 5.41) is 9.68. The summed E-state index contributed by atoms with van der Waals surface area (Å²) >= 11 is 0. The lowest BCUT2D eigenvalue weighted by atomic mass is 10.1. The van der Waals surface area contributed by atoms with Crippen LogP contribution in [0.5, 0.6) is 0 Å². The highest BCUT2D eigenvalue weighted by atomic mass is 16.5. The van der Waals surface area contributed by atoms with E-state index in [0.29, 0.717) is 18.7 Å². The van der Waals surface area contributed by atoms with Crippen molar-refractivity contribution in [3.8, 4) is 11.1 Å².